The van der Waals surface area contributed by atoms with Crippen LogP contribution in [0.5, 0.6) is 0 Å². The third-order valence-electron chi connectivity index (χ3n) is 6.78. The molecule has 0 amide bonds. The largest absolute Gasteiger partial charge is 0.405 e. The van der Waals surface area contributed by atoms with Gasteiger partial charge in [0.05, 0.1) is 18.8 Å². The van der Waals surface area contributed by atoms with Gasteiger partial charge < -0.3 is 13.9 Å². The highest BCUT2D eigenvalue weighted by Crippen LogP contribution is 2.38. The van der Waals surface area contributed by atoms with Crippen LogP contribution in [0.3, 0.4) is 0 Å². The maximum Gasteiger partial charge on any atom is 0.261 e. The molecule has 32 heavy (non-hydrogen) atoms. The zero-order valence-corrected chi connectivity index (χ0v) is 20.5. The van der Waals surface area contributed by atoms with E-state index >= 15 is 0 Å². The number of carbonyl (C=O) groups excluding carboxylic acids is 1. The zero-order chi connectivity index (χ0) is 22.8. The second-order valence-corrected chi connectivity index (χ2v) is 14.4. The van der Waals surface area contributed by atoms with Crippen molar-refractivity contribution >= 4 is 24.5 Å². The first-order valence-corrected chi connectivity index (χ1v) is 13.4. The number of ether oxygens (including phenoxy) is 2. The molecule has 2 heterocycles. The standard InChI is InChI=1S/C27H34O4Si/c1-26(2,3)32(23-11-7-5-8-12-23,24-13-9-6-10-14-24)30-20-22-15-16-25(31-22)27(4)18-17-21(28)19-29-27/h5-14,17-18,22,25H,15-16,19-20H2,1-4H3/t22-,25+,27+/m0/s1. The molecule has 0 bridgehead atoms. The van der Waals surface area contributed by atoms with E-state index < -0.39 is 13.9 Å². The van der Waals surface area contributed by atoms with Gasteiger partial charge in [0, 0.05) is 0 Å². The molecule has 2 aromatic rings. The van der Waals surface area contributed by atoms with Crippen LogP contribution in [0.2, 0.25) is 5.04 Å². The van der Waals surface area contributed by atoms with Crippen LogP contribution >= 0.6 is 0 Å². The molecular formula is C27H34O4Si. The summed E-state index contributed by atoms with van der Waals surface area (Å²) in [6, 6.07) is 21.4. The Labute approximate surface area is 192 Å². The van der Waals surface area contributed by atoms with E-state index in [1.165, 1.54) is 10.4 Å². The second kappa shape index (κ2) is 9.06. The summed E-state index contributed by atoms with van der Waals surface area (Å²) in [5.74, 6) is 0.00652. The van der Waals surface area contributed by atoms with Gasteiger partial charge in [-0.15, -0.1) is 0 Å². The van der Waals surface area contributed by atoms with E-state index in [1.807, 2.05) is 13.0 Å². The molecule has 0 spiro atoms. The van der Waals surface area contributed by atoms with Gasteiger partial charge in [-0.2, -0.15) is 0 Å². The number of hydrogen-bond donors (Lipinski definition) is 0. The Morgan fingerprint density at radius 1 is 1.00 bits per heavy atom. The van der Waals surface area contributed by atoms with E-state index in [0.717, 1.165) is 12.8 Å². The first-order chi connectivity index (χ1) is 15.2. The molecular weight excluding hydrogens is 416 g/mol. The van der Waals surface area contributed by atoms with Gasteiger partial charge in [0.15, 0.2) is 5.78 Å². The molecule has 1 fully saturated rings. The number of benzene rings is 2. The lowest BCUT2D eigenvalue weighted by Gasteiger charge is -2.43. The maximum absolute atomic E-state index is 11.5. The summed E-state index contributed by atoms with van der Waals surface area (Å²) in [4.78, 5) is 11.5. The van der Waals surface area contributed by atoms with Crippen molar-refractivity contribution in [3.8, 4) is 0 Å². The van der Waals surface area contributed by atoms with Gasteiger partial charge in [0.25, 0.3) is 8.32 Å². The quantitative estimate of drug-likeness (QED) is 0.624. The first kappa shape index (κ1) is 23.1. The molecule has 4 rings (SSSR count). The van der Waals surface area contributed by atoms with Crippen LogP contribution in [0, 0.1) is 0 Å². The average molecular weight is 451 g/mol. The van der Waals surface area contributed by atoms with Crippen LogP contribution in [0.15, 0.2) is 72.8 Å². The normalized spacial score (nSPS) is 26.4. The summed E-state index contributed by atoms with van der Waals surface area (Å²) in [6.45, 7) is 9.54. The Bertz CT molecular complexity index is 911. The number of hydrogen-bond acceptors (Lipinski definition) is 4. The molecule has 1 saturated heterocycles. The SMILES string of the molecule is CC(C)(C)[Si](OC[C@@H]1CC[C@H]([C@@]2(C)C=CC(=O)CO2)O1)(c1ccccc1)c1ccccc1. The van der Waals surface area contributed by atoms with Crippen molar-refractivity contribution in [3.05, 3.63) is 72.8 Å². The van der Waals surface area contributed by atoms with Crippen LogP contribution in [-0.2, 0) is 18.7 Å². The summed E-state index contributed by atoms with van der Waals surface area (Å²) >= 11 is 0. The molecule has 2 aliphatic rings. The molecule has 0 aliphatic carbocycles. The van der Waals surface area contributed by atoms with E-state index in [-0.39, 0.29) is 29.6 Å². The van der Waals surface area contributed by atoms with Gasteiger partial charge in [-0.3, -0.25) is 4.79 Å². The fourth-order valence-corrected chi connectivity index (χ4v) is 9.60. The molecule has 170 valence electrons. The number of rotatable bonds is 6. The van der Waals surface area contributed by atoms with Gasteiger partial charge in [-0.25, -0.2) is 0 Å². The number of ketones is 1. The van der Waals surface area contributed by atoms with Gasteiger partial charge >= 0.3 is 0 Å². The first-order valence-electron chi connectivity index (χ1n) is 11.5. The van der Waals surface area contributed by atoms with Crippen molar-refractivity contribution in [1.82, 2.24) is 0 Å². The molecule has 0 radical (unpaired) electrons. The summed E-state index contributed by atoms with van der Waals surface area (Å²) in [5.41, 5.74) is -0.555. The van der Waals surface area contributed by atoms with E-state index in [9.17, 15) is 4.79 Å². The van der Waals surface area contributed by atoms with E-state index in [4.69, 9.17) is 13.9 Å². The highest BCUT2D eigenvalue weighted by molar-refractivity contribution is 6.99. The number of carbonyl (C=O) groups is 1. The molecule has 0 aromatic heterocycles. The van der Waals surface area contributed by atoms with Crippen molar-refractivity contribution < 1.29 is 18.7 Å². The fraction of sp³-hybridized carbons (Fsp3) is 0.444. The lowest BCUT2D eigenvalue weighted by atomic mass is 9.93. The Hall–Kier alpha value is -2.05. The molecule has 2 aliphatic heterocycles. The molecule has 2 aromatic carbocycles. The monoisotopic (exact) mass is 450 g/mol. The van der Waals surface area contributed by atoms with Crippen molar-refractivity contribution in [3.63, 3.8) is 0 Å². The van der Waals surface area contributed by atoms with Gasteiger partial charge in [0.2, 0.25) is 0 Å². The third kappa shape index (κ3) is 4.40. The summed E-state index contributed by atoms with van der Waals surface area (Å²) in [5, 5.41) is 2.49. The third-order valence-corrected chi connectivity index (χ3v) is 11.8. The Balaban J connectivity index is 1.58. The minimum atomic E-state index is -2.58. The molecule has 0 N–H and O–H groups in total. The summed E-state index contributed by atoms with van der Waals surface area (Å²) in [7, 11) is -2.58. The molecule has 0 saturated carbocycles. The molecule has 0 unspecified atom stereocenters. The average Bonchev–Trinajstić information content (AvgIpc) is 3.27. The molecule has 5 heteroatoms. The van der Waals surface area contributed by atoms with Crippen LogP contribution < -0.4 is 10.4 Å². The van der Waals surface area contributed by atoms with Crippen LogP contribution in [0.4, 0.5) is 0 Å². The predicted molar refractivity (Wildman–Crippen MR) is 130 cm³/mol. The molecule has 3 atom stereocenters. The van der Waals surface area contributed by atoms with Crippen molar-refractivity contribution in [2.45, 2.75) is 63.4 Å². The maximum atomic E-state index is 11.5. The lowest BCUT2D eigenvalue weighted by molar-refractivity contribution is -0.139. The van der Waals surface area contributed by atoms with Gasteiger partial charge in [-0.1, -0.05) is 81.4 Å². The van der Waals surface area contributed by atoms with Crippen LogP contribution in [0.1, 0.15) is 40.5 Å². The predicted octanol–water partition coefficient (Wildman–Crippen LogP) is 4.02. The van der Waals surface area contributed by atoms with E-state index in [0.29, 0.717) is 6.61 Å². The summed E-state index contributed by atoms with van der Waals surface area (Å²) < 4.78 is 19.3. The molecule has 4 nitrogen and oxygen atoms in total. The van der Waals surface area contributed by atoms with Gasteiger partial charge in [0.1, 0.15) is 12.2 Å². The van der Waals surface area contributed by atoms with Crippen LogP contribution in [0.25, 0.3) is 0 Å². The Kier molecular flexibility index (Phi) is 6.55. The summed E-state index contributed by atoms with van der Waals surface area (Å²) in [6.07, 6.45) is 5.23. The lowest BCUT2D eigenvalue weighted by Crippen LogP contribution is -2.67. The topological polar surface area (TPSA) is 44.8 Å². The van der Waals surface area contributed by atoms with Crippen molar-refractivity contribution in [1.29, 1.82) is 0 Å². The van der Waals surface area contributed by atoms with E-state index in [1.54, 1.807) is 6.08 Å². The zero-order valence-electron chi connectivity index (χ0n) is 19.5. The van der Waals surface area contributed by atoms with Crippen LogP contribution in [-0.4, -0.2) is 45.1 Å². The van der Waals surface area contributed by atoms with Gasteiger partial charge in [-0.05, 0) is 47.3 Å². The van der Waals surface area contributed by atoms with Crippen molar-refractivity contribution in [2.75, 3.05) is 13.2 Å². The second-order valence-electron chi connectivity index (χ2n) is 10.1. The minimum Gasteiger partial charge on any atom is -0.405 e. The Morgan fingerprint density at radius 2 is 1.59 bits per heavy atom. The van der Waals surface area contributed by atoms with Crippen molar-refractivity contribution in [2.24, 2.45) is 0 Å². The van der Waals surface area contributed by atoms with E-state index in [2.05, 4.69) is 81.4 Å². The highest BCUT2D eigenvalue weighted by atomic mass is 28.4. The Morgan fingerprint density at radius 3 is 2.09 bits per heavy atom. The smallest absolute Gasteiger partial charge is 0.261 e. The highest BCUT2D eigenvalue weighted by Gasteiger charge is 2.51. The minimum absolute atomic E-state index is 0.00652. The fourth-order valence-electron chi connectivity index (χ4n) is 5.01.